The summed E-state index contributed by atoms with van der Waals surface area (Å²) in [5, 5.41) is 8.82. The lowest BCUT2D eigenvalue weighted by Gasteiger charge is -2.34. The number of benzene rings is 1. The summed E-state index contributed by atoms with van der Waals surface area (Å²) in [6.07, 6.45) is 6.79. The van der Waals surface area contributed by atoms with E-state index in [1.807, 2.05) is 29.6 Å². The smallest absolute Gasteiger partial charge is 0.239 e. The fraction of sp³-hybridized carbons (Fsp3) is 0.417. The lowest BCUT2D eigenvalue weighted by molar-refractivity contribution is -0.121. The zero-order chi connectivity index (χ0) is 20.5. The molecule has 1 aliphatic heterocycles. The van der Waals surface area contributed by atoms with Crippen LogP contribution in [0.5, 0.6) is 0 Å². The lowest BCUT2D eigenvalue weighted by Crippen LogP contribution is -2.43. The Morgan fingerprint density at radius 3 is 2.73 bits per heavy atom. The van der Waals surface area contributed by atoms with Gasteiger partial charge in [0.25, 0.3) is 0 Å². The Kier molecular flexibility index (Phi) is 5.34. The molecule has 2 aliphatic carbocycles. The van der Waals surface area contributed by atoms with Crippen LogP contribution in [0, 0.1) is 0 Å². The van der Waals surface area contributed by atoms with Crippen LogP contribution in [0.15, 0.2) is 53.0 Å². The van der Waals surface area contributed by atoms with E-state index >= 15 is 0 Å². The van der Waals surface area contributed by atoms with Crippen LogP contribution < -0.4 is 15.5 Å². The molecule has 1 atom stereocenters. The maximum Gasteiger partial charge on any atom is 0.239 e. The predicted octanol–water partition coefficient (Wildman–Crippen LogP) is 4.79. The first kappa shape index (κ1) is 19.4. The topological polar surface area (TPSA) is 61.4 Å². The zero-order valence-corrected chi connectivity index (χ0v) is 17.8. The number of hydrogen-bond acceptors (Lipinski definition) is 5. The molecule has 5 nitrogen and oxygen atoms in total. The first-order valence-electron chi connectivity index (χ1n) is 10.9. The molecule has 2 aromatic rings. The number of hydrogen-bond donors (Lipinski definition) is 2. The van der Waals surface area contributed by atoms with E-state index in [1.54, 1.807) is 11.3 Å². The van der Waals surface area contributed by atoms with Gasteiger partial charge in [-0.05, 0) is 49.3 Å². The van der Waals surface area contributed by atoms with Crippen molar-refractivity contribution in [3.8, 4) is 0 Å². The van der Waals surface area contributed by atoms with E-state index in [1.165, 1.54) is 12.8 Å². The Labute approximate surface area is 181 Å². The molecule has 2 N–H and O–H groups in total. The van der Waals surface area contributed by atoms with E-state index in [0.29, 0.717) is 6.42 Å². The number of rotatable bonds is 4. The van der Waals surface area contributed by atoms with Gasteiger partial charge < -0.3 is 15.5 Å². The van der Waals surface area contributed by atoms with Gasteiger partial charge in [-0.15, -0.1) is 11.3 Å². The van der Waals surface area contributed by atoms with Gasteiger partial charge in [0.1, 0.15) is 0 Å². The molecule has 6 heteroatoms. The van der Waals surface area contributed by atoms with Crippen molar-refractivity contribution in [3.63, 3.8) is 0 Å². The highest BCUT2D eigenvalue weighted by molar-refractivity contribution is 7.10. The minimum Gasteiger partial charge on any atom is -0.357 e. The Balaban J connectivity index is 1.57. The summed E-state index contributed by atoms with van der Waals surface area (Å²) in [7, 11) is 0. The fourth-order valence-electron chi connectivity index (χ4n) is 5.02. The molecule has 1 aromatic carbocycles. The van der Waals surface area contributed by atoms with E-state index in [0.717, 1.165) is 53.2 Å². The Bertz CT molecular complexity index is 976. The highest BCUT2D eigenvalue weighted by Gasteiger charge is 2.38. The van der Waals surface area contributed by atoms with Gasteiger partial charge in [0.15, 0.2) is 5.78 Å². The van der Waals surface area contributed by atoms with Gasteiger partial charge >= 0.3 is 0 Å². The quantitative estimate of drug-likeness (QED) is 0.745. The maximum atomic E-state index is 13.1. The first-order chi connectivity index (χ1) is 14.7. The number of anilines is 2. The van der Waals surface area contributed by atoms with E-state index in [2.05, 4.69) is 27.7 Å². The minimum absolute atomic E-state index is 0.0329. The average Bonchev–Trinajstić information content (AvgIpc) is 3.42. The van der Waals surface area contributed by atoms with Gasteiger partial charge in [-0.2, -0.15) is 0 Å². The molecule has 156 valence electrons. The highest BCUT2D eigenvalue weighted by Crippen LogP contribution is 2.45. The molecular weight excluding hydrogens is 394 g/mol. The molecule has 2 heterocycles. The average molecular weight is 422 g/mol. The van der Waals surface area contributed by atoms with Gasteiger partial charge in [-0.3, -0.25) is 9.59 Å². The fourth-order valence-corrected chi connectivity index (χ4v) is 5.86. The minimum atomic E-state index is -0.238. The molecule has 1 saturated carbocycles. The Morgan fingerprint density at radius 1 is 1.10 bits per heavy atom. The largest absolute Gasteiger partial charge is 0.357 e. The van der Waals surface area contributed by atoms with Gasteiger partial charge in [-0.25, -0.2) is 0 Å². The van der Waals surface area contributed by atoms with Crippen LogP contribution in [-0.4, -0.2) is 24.3 Å². The molecule has 30 heavy (non-hydrogen) atoms. The molecule has 0 radical (unpaired) electrons. The number of allylic oxidation sites excluding steroid dienone is 1. The summed E-state index contributed by atoms with van der Waals surface area (Å²) in [6.45, 7) is 0.238. The van der Waals surface area contributed by atoms with Crippen LogP contribution in [0.1, 0.15) is 55.9 Å². The van der Waals surface area contributed by atoms with Crippen LogP contribution in [0.25, 0.3) is 0 Å². The van der Waals surface area contributed by atoms with E-state index in [9.17, 15) is 9.59 Å². The molecule has 3 aliphatic rings. The third kappa shape index (κ3) is 3.65. The second-order valence-corrected chi connectivity index (χ2v) is 9.39. The van der Waals surface area contributed by atoms with Crippen molar-refractivity contribution >= 4 is 34.4 Å². The number of Topliss-reactive ketones (excluding diaryl/α,β-unsaturated/α-hetero) is 1. The number of carbonyl (C=O) groups excluding carboxylic acids is 2. The van der Waals surface area contributed by atoms with E-state index in [-0.39, 0.29) is 30.3 Å². The molecule has 1 aromatic heterocycles. The number of carbonyl (C=O) groups is 2. The molecule has 0 unspecified atom stereocenters. The summed E-state index contributed by atoms with van der Waals surface area (Å²) >= 11 is 1.65. The summed E-state index contributed by atoms with van der Waals surface area (Å²) in [6, 6.07) is 12.2. The predicted molar refractivity (Wildman–Crippen MR) is 121 cm³/mol. The van der Waals surface area contributed by atoms with Crippen LogP contribution in [0.2, 0.25) is 0 Å². The number of amides is 1. The van der Waals surface area contributed by atoms with Crippen molar-refractivity contribution in [2.75, 3.05) is 16.8 Å². The van der Waals surface area contributed by atoms with Gasteiger partial charge in [0.05, 0.1) is 24.0 Å². The summed E-state index contributed by atoms with van der Waals surface area (Å²) in [5.41, 5.74) is 3.77. The summed E-state index contributed by atoms with van der Waals surface area (Å²) < 4.78 is 0. The van der Waals surface area contributed by atoms with Crippen LogP contribution in [-0.2, 0) is 9.59 Å². The molecule has 1 amide bonds. The van der Waals surface area contributed by atoms with E-state index in [4.69, 9.17) is 0 Å². The Hall–Kier alpha value is -2.60. The van der Waals surface area contributed by atoms with Crippen LogP contribution in [0.3, 0.4) is 0 Å². The van der Waals surface area contributed by atoms with Crippen molar-refractivity contribution in [1.29, 1.82) is 0 Å². The monoisotopic (exact) mass is 421 g/mol. The lowest BCUT2D eigenvalue weighted by atomic mass is 9.88. The standard InChI is InChI=1S/C24H27N3O2S/c28-20-12-5-10-18-23(20)24(21-13-6-14-30-21)27(19-11-4-3-9-17(19)26-18)15-22(29)25-16-7-1-2-8-16/h3-4,6,9,11,13-14,16,24,26H,1-2,5,7-8,10,12,15H2,(H,25,29)/t24-/m0/s1. The molecule has 5 rings (SSSR count). The second-order valence-electron chi connectivity index (χ2n) is 8.41. The highest BCUT2D eigenvalue weighted by atomic mass is 32.1. The Morgan fingerprint density at radius 2 is 1.93 bits per heavy atom. The third-order valence-corrected chi connectivity index (χ3v) is 7.31. The van der Waals surface area contributed by atoms with Crippen molar-refractivity contribution in [2.24, 2.45) is 0 Å². The van der Waals surface area contributed by atoms with Crippen LogP contribution in [0.4, 0.5) is 11.4 Å². The number of thiophene rings is 1. The summed E-state index contributed by atoms with van der Waals surface area (Å²) in [5.74, 6) is 0.224. The molecule has 1 fully saturated rings. The van der Waals surface area contributed by atoms with Gasteiger partial charge in [0.2, 0.25) is 5.91 Å². The normalized spacial score (nSPS) is 21.7. The number of ketones is 1. The molecule has 0 spiro atoms. The van der Waals surface area contributed by atoms with Gasteiger partial charge in [-0.1, -0.05) is 31.0 Å². The van der Waals surface area contributed by atoms with Crippen molar-refractivity contribution in [3.05, 3.63) is 57.9 Å². The second kappa shape index (κ2) is 8.26. The van der Waals surface area contributed by atoms with Crippen molar-refractivity contribution < 1.29 is 9.59 Å². The summed E-state index contributed by atoms with van der Waals surface area (Å²) in [4.78, 5) is 29.4. The van der Waals surface area contributed by atoms with Gasteiger partial charge in [0, 0.05) is 28.6 Å². The third-order valence-electron chi connectivity index (χ3n) is 6.39. The number of fused-ring (bicyclic) bond motifs is 1. The SMILES string of the molecule is O=C(CN1c2ccccc2NC2=C(C(=O)CCC2)[C@@H]1c1cccs1)NC1CCCC1. The molecule has 0 saturated heterocycles. The van der Waals surface area contributed by atoms with E-state index < -0.39 is 0 Å². The van der Waals surface area contributed by atoms with Crippen molar-refractivity contribution in [2.45, 2.75) is 57.0 Å². The van der Waals surface area contributed by atoms with Crippen LogP contribution >= 0.6 is 11.3 Å². The zero-order valence-electron chi connectivity index (χ0n) is 17.0. The molecular formula is C24H27N3O2S. The maximum absolute atomic E-state index is 13.1. The molecule has 0 bridgehead atoms. The van der Waals surface area contributed by atoms with Crippen molar-refractivity contribution in [1.82, 2.24) is 5.32 Å². The number of nitrogens with zero attached hydrogens (tertiary/aromatic N) is 1. The number of para-hydroxylation sites is 2. The first-order valence-corrected chi connectivity index (χ1v) is 11.8. The number of nitrogens with one attached hydrogen (secondary N) is 2.